The highest BCUT2D eigenvalue weighted by Crippen LogP contribution is 2.22. The minimum absolute atomic E-state index is 0.0303. The molecule has 134 valence electrons. The maximum absolute atomic E-state index is 12.7. The average molecular weight is 436 g/mol. The minimum Gasteiger partial charge on any atom is -0.402 e. The van der Waals surface area contributed by atoms with Crippen LogP contribution in [0.4, 0.5) is 5.82 Å². The molecule has 7 nitrogen and oxygen atoms in total. The lowest BCUT2D eigenvalue weighted by atomic mass is 10.2. The number of aromatic nitrogens is 2. The Bertz CT molecular complexity index is 1080. The van der Waals surface area contributed by atoms with E-state index in [2.05, 4.69) is 21.0 Å². The number of hydrogen-bond donors (Lipinski definition) is 1. The van der Waals surface area contributed by atoms with Crippen LogP contribution < -0.4 is 10.5 Å². The Morgan fingerprint density at radius 3 is 2.50 bits per heavy atom. The van der Waals surface area contributed by atoms with Gasteiger partial charge in [-0.2, -0.15) is 8.42 Å². The summed E-state index contributed by atoms with van der Waals surface area (Å²) in [7, 11) is -3.99. The van der Waals surface area contributed by atoms with Crippen LogP contribution in [0.3, 0.4) is 0 Å². The van der Waals surface area contributed by atoms with E-state index in [1.54, 1.807) is 36.4 Å². The summed E-state index contributed by atoms with van der Waals surface area (Å²) < 4.78 is 31.8. The number of halogens is 1. The monoisotopic (exact) mass is 435 g/mol. The third kappa shape index (κ3) is 3.63. The largest absolute Gasteiger partial charge is 0.402 e. The molecule has 3 rings (SSSR count). The van der Waals surface area contributed by atoms with Crippen molar-refractivity contribution in [1.29, 1.82) is 0 Å². The van der Waals surface area contributed by atoms with E-state index in [0.29, 0.717) is 8.56 Å². The van der Waals surface area contributed by atoms with Gasteiger partial charge >= 0.3 is 5.97 Å². The zero-order valence-electron chi connectivity index (χ0n) is 13.6. The SMILES string of the molecule is Cc1ccc(S(=O)(=O)n2nc(OC(=O)c3cccc(Br)c3)cc2N)cc1. The normalized spacial score (nSPS) is 11.3. The standard InChI is InChI=1S/C17H14BrN3O4S/c1-11-5-7-14(8-6-11)26(23,24)21-15(19)10-16(20-21)25-17(22)12-3-2-4-13(18)9-12/h2-10H,19H2,1H3. The highest BCUT2D eigenvalue weighted by molar-refractivity contribution is 9.10. The number of ether oxygens (including phenoxy) is 1. The molecule has 0 bridgehead atoms. The number of benzene rings is 2. The molecule has 2 N–H and O–H groups in total. The first-order valence-corrected chi connectivity index (χ1v) is 9.66. The van der Waals surface area contributed by atoms with Crippen molar-refractivity contribution in [3.05, 3.63) is 70.2 Å². The van der Waals surface area contributed by atoms with E-state index in [-0.39, 0.29) is 22.2 Å². The molecule has 1 heterocycles. The van der Waals surface area contributed by atoms with Gasteiger partial charge in [-0.25, -0.2) is 4.79 Å². The van der Waals surface area contributed by atoms with Crippen LogP contribution in [0.15, 0.2) is 64.0 Å². The molecule has 9 heteroatoms. The number of esters is 1. The maximum atomic E-state index is 12.7. The zero-order valence-corrected chi connectivity index (χ0v) is 16.0. The number of rotatable bonds is 4. The van der Waals surface area contributed by atoms with E-state index in [1.165, 1.54) is 18.2 Å². The Hall–Kier alpha value is -2.65. The molecular formula is C17H14BrN3O4S. The molecule has 0 aliphatic carbocycles. The van der Waals surface area contributed by atoms with E-state index in [1.807, 2.05) is 6.92 Å². The van der Waals surface area contributed by atoms with Gasteiger partial charge in [0.05, 0.1) is 10.5 Å². The molecule has 0 atom stereocenters. The lowest BCUT2D eigenvalue weighted by molar-refractivity contribution is 0.0727. The maximum Gasteiger partial charge on any atom is 0.344 e. The Balaban J connectivity index is 1.89. The quantitative estimate of drug-likeness (QED) is 0.631. The number of nitrogens with zero attached hydrogens (tertiary/aromatic N) is 2. The van der Waals surface area contributed by atoms with Gasteiger partial charge in [0.25, 0.3) is 10.0 Å². The van der Waals surface area contributed by atoms with E-state index in [9.17, 15) is 13.2 Å². The number of aryl methyl sites for hydroxylation is 1. The van der Waals surface area contributed by atoms with Gasteiger partial charge in [0, 0.05) is 10.5 Å². The van der Waals surface area contributed by atoms with Gasteiger partial charge in [-0.3, -0.25) is 0 Å². The van der Waals surface area contributed by atoms with Gasteiger partial charge in [0.1, 0.15) is 5.82 Å². The third-order valence-electron chi connectivity index (χ3n) is 3.49. The van der Waals surface area contributed by atoms with Crippen molar-refractivity contribution < 1.29 is 17.9 Å². The van der Waals surface area contributed by atoms with Crippen LogP contribution in [-0.2, 0) is 10.0 Å². The van der Waals surface area contributed by atoms with Crippen molar-refractivity contribution in [3.8, 4) is 5.88 Å². The minimum atomic E-state index is -3.99. The molecular weight excluding hydrogens is 422 g/mol. The zero-order chi connectivity index (χ0) is 18.9. The molecule has 2 aromatic carbocycles. The third-order valence-corrected chi connectivity index (χ3v) is 5.59. The van der Waals surface area contributed by atoms with Crippen molar-refractivity contribution in [3.63, 3.8) is 0 Å². The van der Waals surface area contributed by atoms with Crippen LogP contribution in [0.5, 0.6) is 5.88 Å². The van der Waals surface area contributed by atoms with Gasteiger partial charge in [0.15, 0.2) is 0 Å². The van der Waals surface area contributed by atoms with Gasteiger partial charge in [-0.15, -0.1) is 9.19 Å². The summed E-state index contributed by atoms with van der Waals surface area (Å²) >= 11 is 3.26. The molecule has 0 aliphatic heterocycles. The first kappa shape index (κ1) is 18.2. The van der Waals surface area contributed by atoms with Crippen LogP contribution in [-0.4, -0.2) is 23.6 Å². The lowest BCUT2D eigenvalue weighted by Crippen LogP contribution is -2.17. The summed E-state index contributed by atoms with van der Waals surface area (Å²) in [5, 5.41) is 3.82. The Labute approximate surface area is 158 Å². The van der Waals surface area contributed by atoms with Crippen molar-refractivity contribution in [2.45, 2.75) is 11.8 Å². The summed E-state index contributed by atoms with van der Waals surface area (Å²) in [6.45, 7) is 1.85. The average Bonchev–Trinajstić information content (AvgIpc) is 2.96. The number of anilines is 1. The molecule has 3 aromatic rings. The summed E-state index contributed by atoms with van der Waals surface area (Å²) in [4.78, 5) is 12.2. The fourth-order valence-corrected chi connectivity index (χ4v) is 3.78. The molecule has 0 spiro atoms. The molecule has 26 heavy (non-hydrogen) atoms. The second-order valence-electron chi connectivity index (χ2n) is 5.47. The van der Waals surface area contributed by atoms with Crippen LogP contribution in [0.1, 0.15) is 15.9 Å². The van der Waals surface area contributed by atoms with Gasteiger partial charge in [0.2, 0.25) is 5.88 Å². The second kappa shape index (κ2) is 6.93. The molecule has 1 aromatic heterocycles. The highest BCUT2D eigenvalue weighted by Gasteiger charge is 2.23. The first-order valence-electron chi connectivity index (χ1n) is 7.43. The van der Waals surface area contributed by atoms with Crippen LogP contribution in [0.2, 0.25) is 0 Å². The van der Waals surface area contributed by atoms with Crippen LogP contribution in [0.25, 0.3) is 0 Å². The molecule has 0 saturated carbocycles. The van der Waals surface area contributed by atoms with Crippen LogP contribution >= 0.6 is 15.9 Å². The van der Waals surface area contributed by atoms with Gasteiger partial charge in [-0.1, -0.05) is 39.7 Å². The molecule has 0 saturated heterocycles. The number of carbonyl (C=O) groups is 1. The van der Waals surface area contributed by atoms with Crippen molar-refractivity contribution in [2.24, 2.45) is 0 Å². The Kier molecular flexibility index (Phi) is 4.84. The topological polar surface area (TPSA) is 104 Å². The predicted octanol–water partition coefficient (Wildman–Crippen LogP) is 2.99. The molecule has 0 aliphatic rings. The van der Waals surface area contributed by atoms with Crippen molar-refractivity contribution in [2.75, 3.05) is 5.73 Å². The summed E-state index contributed by atoms with van der Waals surface area (Å²) in [6, 6.07) is 14.0. The van der Waals surface area contributed by atoms with E-state index >= 15 is 0 Å². The first-order chi connectivity index (χ1) is 12.3. The van der Waals surface area contributed by atoms with Crippen LogP contribution in [0, 0.1) is 6.92 Å². The summed E-state index contributed by atoms with van der Waals surface area (Å²) in [6.07, 6.45) is 0. The Morgan fingerprint density at radius 2 is 1.85 bits per heavy atom. The van der Waals surface area contributed by atoms with Gasteiger partial charge < -0.3 is 10.5 Å². The lowest BCUT2D eigenvalue weighted by Gasteiger charge is -2.06. The molecule has 0 radical (unpaired) electrons. The number of carbonyl (C=O) groups excluding carboxylic acids is 1. The number of nitrogens with two attached hydrogens (primary N) is 1. The number of nitrogen functional groups attached to an aromatic ring is 1. The second-order valence-corrected chi connectivity index (χ2v) is 8.15. The fraction of sp³-hybridized carbons (Fsp3) is 0.0588. The van der Waals surface area contributed by atoms with E-state index in [4.69, 9.17) is 10.5 Å². The number of hydrogen-bond acceptors (Lipinski definition) is 6. The van der Waals surface area contributed by atoms with E-state index < -0.39 is 16.0 Å². The molecule has 0 unspecified atom stereocenters. The van der Waals surface area contributed by atoms with Gasteiger partial charge in [-0.05, 0) is 37.3 Å². The van der Waals surface area contributed by atoms with E-state index in [0.717, 1.165) is 5.56 Å². The van der Waals surface area contributed by atoms with Crippen molar-refractivity contribution >= 4 is 37.7 Å². The molecule has 0 fully saturated rings. The molecule has 0 amide bonds. The highest BCUT2D eigenvalue weighted by atomic mass is 79.9. The predicted molar refractivity (Wildman–Crippen MR) is 99.5 cm³/mol. The van der Waals surface area contributed by atoms with Crippen molar-refractivity contribution in [1.82, 2.24) is 9.19 Å². The summed E-state index contributed by atoms with van der Waals surface area (Å²) in [5.41, 5.74) is 6.96. The fourth-order valence-electron chi connectivity index (χ4n) is 2.18. The smallest absolute Gasteiger partial charge is 0.344 e. The summed E-state index contributed by atoms with van der Waals surface area (Å²) in [5.74, 6) is -1.05. The Morgan fingerprint density at radius 1 is 1.15 bits per heavy atom.